The van der Waals surface area contributed by atoms with Gasteiger partial charge in [0.15, 0.2) is 5.69 Å². The van der Waals surface area contributed by atoms with Crippen LogP contribution in [0.25, 0.3) is 0 Å². The van der Waals surface area contributed by atoms with Gasteiger partial charge in [0.05, 0.1) is 5.69 Å². The summed E-state index contributed by atoms with van der Waals surface area (Å²) in [7, 11) is 0. The molecule has 0 unspecified atom stereocenters. The average molecular weight is 279 g/mol. The van der Waals surface area contributed by atoms with E-state index >= 15 is 0 Å². The maximum Gasteiger partial charge on any atom is 0.356 e. The summed E-state index contributed by atoms with van der Waals surface area (Å²) < 4.78 is 3.90. The molecule has 0 aliphatic carbocycles. The summed E-state index contributed by atoms with van der Waals surface area (Å²) in [5.74, 6) is -0.671. The first kappa shape index (κ1) is 12.9. The van der Waals surface area contributed by atoms with E-state index < -0.39 is 12.0 Å². The second-order valence-corrected chi connectivity index (χ2v) is 4.18. The molecule has 0 aliphatic rings. The molecule has 0 fully saturated rings. The Morgan fingerprint density at radius 1 is 1.37 bits per heavy atom. The number of amides is 2. The van der Waals surface area contributed by atoms with E-state index in [1.807, 2.05) is 0 Å². The van der Waals surface area contributed by atoms with Crippen molar-refractivity contribution in [3.05, 3.63) is 29.8 Å². The molecule has 0 saturated carbocycles. The number of carboxylic acid groups (broad SMARTS) is 1. The summed E-state index contributed by atoms with van der Waals surface area (Å²) in [6.45, 7) is 1.70. The van der Waals surface area contributed by atoms with E-state index in [2.05, 4.69) is 25.0 Å². The van der Waals surface area contributed by atoms with Crippen LogP contribution < -0.4 is 10.6 Å². The number of hydrogen-bond donors (Lipinski definition) is 3. The third-order valence-electron chi connectivity index (χ3n) is 2.01. The molecule has 19 heavy (non-hydrogen) atoms. The quantitative estimate of drug-likeness (QED) is 0.785. The zero-order valence-corrected chi connectivity index (χ0v) is 10.6. The molecule has 8 nitrogen and oxygen atoms in total. The van der Waals surface area contributed by atoms with Crippen LogP contribution in [0.15, 0.2) is 18.3 Å². The second kappa shape index (κ2) is 5.40. The maximum atomic E-state index is 11.7. The fourth-order valence-corrected chi connectivity index (χ4v) is 1.85. The van der Waals surface area contributed by atoms with Gasteiger partial charge in [0.1, 0.15) is 5.82 Å². The lowest BCUT2D eigenvalue weighted by Gasteiger charge is -2.06. The Hall–Kier alpha value is -2.55. The van der Waals surface area contributed by atoms with E-state index in [1.165, 1.54) is 18.3 Å². The first-order valence-corrected chi connectivity index (χ1v) is 5.90. The molecule has 0 spiro atoms. The Morgan fingerprint density at radius 2 is 2.16 bits per heavy atom. The molecular formula is C10H9N5O3S. The molecule has 2 amide bonds. The van der Waals surface area contributed by atoms with Crippen molar-refractivity contribution in [2.24, 2.45) is 0 Å². The molecule has 0 aromatic carbocycles. The van der Waals surface area contributed by atoms with Gasteiger partial charge in [-0.2, -0.15) is 4.37 Å². The van der Waals surface area contributed by atoms with Crippen molar-refractivity contribution in [3.8, 4) is 0 Å². The van der Waals surface area contributed by atoms with Gasteiger partial charge in [-0.25, -0.2) is 19.6 Å². The van der Waals surface area contributed by atoms with Crippen molar-refractivity contribution in [2.75, 3.05) is 10.6 Å². The molecule has 0 radical (unpaired) electrons. The van der Waals surface area contributed by atoms with Crippen molar-refractivity contribution in [1.29, 1.82) is 0 Å². The molecule has 9 heteroatoms. The van der Waals surface area contributed by atoms with E-state index in [0.29, 0.717) is 11.0 Å². The van der Waals surface area contributed by atoms with Crippen LogP contribution in [0.1, 0.15) is 16.3 Å². The van der Waals surface area contributed by atoms with E-state index in [9.17, 15) is 9.59 Å². The van der Waals surface area contributed by atoms with E-state index in [4.69, 9.17) is 5.11 Å². The summed E-state index contributed by atoms with van der Waals surface area (Å²) >= 11 is 1.03. The monoisotopic (exact) mass is 279 g/mol. The normalized spacial score (nSPS) is 9.95. The zero-order chi connectivity index (χ0) is 13.8. The number of carbonyl (C=O) groups excluding carboxylic acids is 1. The number of rotatable bonds is 3. The minimum absolute atomic E-state index is 0.105. The number of nitrogens with one attached hydrogen (secondary N) is 2. The Morgan fingerprint density at radius 3 is 2.79 bits per heavy atom. The molecule has 2 aromatic rings. The Labute approximate surface area is 111 Å². The fraction of sp³-hybridized carbons (Fsp3) is 0.100. The second-order valence-electron chi connectivity index (χ2n) is 3.43. The van der Waals surface area contributed by atoms with Crippen LogP contribution in [0.4, 0.5) is 15.6 Å². The van der Waals surface area contributed by atoms with Gasteiger partial charge in [0.2, 0.25) is 5.13 Å². The fourth-order valence-electron chi connectivity index (χ4n) is 1.28. The number of nitrogens with zero attached hydrogens (tertiary/aromatic N) is 3. The minimum atomic E-state index is -1.22. The Kier molecular flexibility index (Phi) is 3.66. The summed E-state index contributed by atoms with van der Waals surface area (Å²) in [6, 6.07) is 2.37. The lowest BCUT2D eigenvalue weighted by atomic mass is 10.3. The highest BCUT2D eigenvalue weighted by Gasteiger charge is 2.14. The van der Waals surface area contributed by atoms with Crippen LogP contribution >= 0.6 is 11.5 Å². The molecule has 0 saturated heterocycles. The predicted molar refractivity (Wildman–Crippen MR) is 68.5 cm³/mol. The molecule has 2 aromatic heterocycles. The van der Waals surface area contributed by atoms with Crippen molar-refractivity contribution >= 4 is 34.4 Å². The van der Waals surface area contributed by atoms with Crippen LogP contribution in [0.2, 0.25) is 0 Å². The average Bonchev–Trinajstić information content (AvgIpc) is 2.75. The number of anilines is 2. The van der Waals surface area contributed by atoms with Crippen LogP contribution in [-0.4, -0.2) is 31.4 Å². The summed E-state index contributed by atoms with van der Waals surface area (Å²) in [4.78, 5) is 30.2. The van der Waals surface area contributed by atoms with Crippen molar-refractivity contribution in [2.45, 2.75) is 6.92 Å². The molecule has 0 aliphatic heterocycles. The van der Waals surface area contributed by atoms with E-state index in [0.717, 1.165) is 11.5 Å². The zero-order valence-electron chi connectivity index (χ0n) is 9.75. The van der Waals surface area contributed by atoms with Gasteiger partial charge in [0.25, 0.3) is 0 Å². The smallest absolute Gasteiger partial charge is 0.356 e. The molecule has 2 rings (SSSR count). The third kappa shape index (κ3) is 3.22. The highest BCUT2D eigenvalue weighted by atomic mass is 32.1. The number of pyridine rings is 1. The number of urea groups is 1. The molecule has 2 heterocycles. The van der Waals surface area contributed by atoms with Crippen LogP contribution in [0, 0.1) is 6.92 Å². The molecule has 0 atom stereocenters. The van der Waals surface area contributed by atoms with Crippen LogP contribution in [-0.2, 0) is 0 Å². The SMILES string of the molecule is Cc1nsc(NC(=O)Nc2cccnc2C(=O)O)n1. The number of hydrogen-bond acceptors (Lipinski definition) is 6. The number of carbonyl (C=O) groups is 2. The predicted octanol–water partition coefficient (Wildman–Crippen LogP) is 1.58. The third-order valence-corrected chi connectivity index (χ3v) is 2.73. The van der Waals surface area contributed by atoms with Gasteiger partial charge >= 0.3 is 12.0 Å². The Balaban J connectivity index is 2.09. The highest BCUT2D eigenvalue weighted by molar-refractivity contribution is 7.09. The lowest BCUT2D eigenvalue weighted by Crippen LogP contribution is -2.21. The molecule has 3 N–H and O–H groups in total. The number of aryl methyl sites for hydroxylation is 1. The van der Waals surface area contributed by atoms with Gasteiger partial charge in [-0.05, 0) is 19.1 Å². The van der Waals surface area contributed by atoms with Crippen LogP contribution in [0.3, 0.4) is 0 Å². The van der Waals surface area contributed by atoms with Gasteiger partial charge in [-0.3, -0.25) is 5.32 Å². The molecular weight excluding hydrogens is 270 g/mol. The lowest BCUT2D eigenvalue weighted by molar-refractivity contribution is 0.0692. The van der Waals surface area contributed by atoms with Crippen molar-refractivity contribution in [3.63, 3.8) is 0 Å². The van der Waals surface area contributed by atoms with Crippen molar-refractivity contribution in [1.82, 2.24) is 14.3 Å². The Bertz CT molecular complexity index is 627. The van der Waals surface area contributed by atoms with E-state index in [1.54, 1.807) is 6.92 Å². The van der Waals surface area contributed by atoms with Crippen molar-refractivity contribution < 1.29 is 14.7 Å². The standard InChI is InChI=1S/C10H9N5O3S/c1-5-12-10(19-15-5)14-9(18)13-6-3-2-4-11-7(6)8(16)17/h2-4H,1H3,(H,16,17)(H2,12,13,14,15,18). The summed E-state index contributed by atoms with van der Waals surface area (Å²) in [6.07, 6.45) is 1.33. The first-order chi connectivity index (χ1) is 9.06. The summed E-state index contributed by atoms with van der Waals surface area (Å²) in [5.41, 5.74) is -0.125. The highest BCUT2D eigenvalue weighted by Crippen LogP contribution is 2.14. The van der Waals surface area contributed by atoms with Gasteiger partial charge in [-0.15, -0.1) is 0 Å². The molecule has 98 valence electrons. The van der Waals surface area contributed by atoms with Gasteiger partial charge in [0, 0.05) is 17.7 Å². The summed E-state index contributed by atoms with van der Waals surface area (Å²) in [5, 5.41) is 14.1. The van der Waals surface area contributed by atoms with Crippen LogP contribution in [0.5, 0.6) is 0 Å². The molecule has 0 bridgehead atoms. The number of aromatic carboxylic acids is 1. The first-order valence-electron chi connectivity index (χ1n) is 5.13. The topological polar surface area (TPSA) is 117 Å². The van der Waals surface area contributed by atoms with E-state index in [-0.39, 0.29) is 11.4 Å². The maximum absolute atomic E-state index is 11.7. The van der Waals surface area contributed by atoms with Gasteiger partial charge < -0.3 is 10.4 Å². The number of aromatic nitrogens is 3. The largest absolute Gasteiger partial charge is 0.476 e. The minimum Gasteiger partial charge on any atom is -0.476 e. The number of carboxylic acids is 1. The van der Waals surface area contributed by atoms with Gasteiger partial charge in [-0.1, -0.05) is 0 Å².